The highest BCUT2D eigenvalue weighted by molar-refractivity contribution is 6.01. The van der Waals surface area contributed by atoms with Crippen molar-refractivity contribution in [3.63, 3.8) is 0 Å². The highest BCUT2D eigenvalue weighted by atomic mass is 19.1. The maximum Gasteiger partial charge on any atom is 0.262 e. The zero-order chi connectivity index (χ0) is 17.2. The van der Waals surface area contributed by atoms with Gasteiger partial charge < -0.3 is 5.32 Å². The summed E-state index contributed by atoms with van der Waals surface area (Å²) in [4.78, 5) is 15.6. The molecule has 0 radical (unpaired) electrons. The van der Waals surface area contributed by atoms with Crippen LogP contribution in [0.4, 0.5) is 4.39 Å². The second-order valence-corrected chi connectivity index (χ2v) is 5.25. The van der Waals surface area contributed by atoms with Crippen LogP contribution >= 0.6 is 0 Å². The van der Waals surface area contributed by atoms with Crippen molar-refractivity contribution in [3.05, 3.63) is 71.3 Å². The molecule has 0 atom stereocenters. The molecule has 1 amide bonds. The van der Waals surface area contributed by atoms with E-state index in [-0.39, 0.29) is 11.3 Å². The van der Waals surface area contributed by atoms with Crippen LogP contribution in [-0.4, -0.2) is 17.4 Å². The van der Waals surface area contributed by atoms with Gasteiger partial charge in [-0.15, -0.1) is 0 Å². The molecule has 1 aromatic heterocycles. The second-order valence-electron chi connectivity index (χ2n) is 5.25. The van der Waals surface area contributed by atoms with Gasteiger partial charge in [0, 0.05) is 6.54 Å². The van der Waals surface area contributed by atoms with Gasteiger partial charge in [0.1, 0.15) is 11.6 Å². The summed E-state index contributed by atoms with van der Waals surface area (Å²) in [6, 6.07) is 16.2. The molecule has 0 unspecified atom stereocenters. The lowest BCUT2D eigenvalue weighted by molar-refractivity contribution is -0.117. The average Bonchev–Trinajstić information content (AvgIpc) is 2.60. The molecule has 1 heterocycles. The van der Waals surface area contributed by atoms with E-state index in [2.05, 4.69) is 22.4 Å². The number of aromatic nitrogens is 1. The van der Waals surface area contributed by atoms with Crippen LogP contribution in [0.15, 0.2) is 54.1 Å². The summed E-state index contributed by atoms with van der Waals surface area (Å²) in [5, 5.41) is 11.8. The van der Waals surface area contributed by atoms with Crippen molar-refractivity contribution in [1.29, 1.82) is 5.26 Å². The van der Waals surface area contributed by atoms with E-state index in [9.17, 15) is 9.18 Å². The number of carbonyl (C=O) groups excluding carboxylic acids is 1. The molecule has 0 spiro atoms. The van der Waals surface area contributed by atoms with Gasteiger partial charge in [-0.3, -0.25) is 4.79 Å². The average molecular weight is 323 g/mol. The fraction of sp³-hybridized carbons (Fsp3) is 0.211. The zero-order valence-electron chi connectivity index (χ0n) is 13.2. The molecule has 1 aromatic carbocycles. The number of nitrogens with one attached hydrogen (secondary N) is 1. The fourth-order valence-electron chi connectivity index (χ4n) is 2.20. The first-order valence-electron chi connectivity index (χ1n) is 7.75. The van der Waals surface area contributed by atoms with Crippen molar-refractivity contribution in [1.82, 2.24) is 10.3 Å². The maximum absolute atomic E-state index is 13.0. The number of nitriles is 1. The number of nitrogens with zero attached hydrogens (tertiary/aromatic N) is 2. The first-order valence-corrected chi connectivity index (χ1v) is 7.75. The Hall–Kier alpha value is -3.00. The van der Waals surface area contributed by atoms with E-state index >= 15 is 0 Å². The molecule has 0 aliphatic heterocycles. The molecule has 24 heavy (non-hydrogen) atoms. The van der Waals surface area contributed by atoms with Gasteiger partial charge in [0.05, 0.1) is 5.69 Å². The minimum Gasteiger partial charge on any atom is -0.351 e. The van der Waals surface area contributed by atoms with Crippen LogP contribution in [0.5, 0.6) is 0 Å². The van der Waals surface area contributed by atoms with E-state index in [1.165, 1.54) is 29.8 Å². The molecule has 2 rings (SSSR count). The summed E-state index contributed by atoms with van der Waals surface area (Å²) in [6.45, 7) is 0.487. The number of carbonyl (C=O) groups is 1. The Bertz CT molecular complexity index is 751. The lowest BCUT2D eigenvalue weighted by Gasteiger charge is -2.05. The Morgan fingerprint density at radius 2 is 1.96 bits per heavy atom. The number of benzene rings is 1. The number of hydrogen-bond donors (Lipinski definition) is 1. The minimum atomic E-state index is -0.651. The van der Waals surface area contributed by atoms with E-state index < -0.39 is 11.9 Å². The number of amides is 1. The Labute approximate surface area is 140 Å². The number of pyridine rings is 1. The van der Waals surface area contributed by atoms with Gasteiger partial charge in [-0.1, -0.05) is 36.4 Å². The van der Waals surface area contributed by atoms with E-state index in [0.29, 0.717) is 6.54 Å². The summed E-state index contributed by atoms with van der Waals surface area (Å²) >= 11 is 0. The van der Waals surface area contributed by atoms with E-state index in [1.807, 2.05) is 24.3 Å². The third kappa shape index (κ3) is 5.65. The quantitative estimate of drug-likeness (QED) is 0.368. The third-order valence-electron chi connectivity index (χ3n) is 3.41. The molecule has 5 heteroatoms. The van der Waals surface area contributed by atoms with E-state index in [1.54, 1.807) is 0 Å². The molecule has 4 nitrogen and oxygen atoms in total. The van der Waals surface area contributed by atoms with Crippen molar-refractivity contribution >= 4 is 12.0 Å². The minimum absolute atomic E-state index is 0.0869. The molecule has 2 aromatic rings. The summed E-state index contributed by atoms with van der Waals surface area (Å²) in [5.74, 6) is -1.12. The van der Waals surface area contributed by atoms with Crippen molar-refractivity contribution in [3.8, 4) is 6.07 Å². The van der Waals surface area contributed by atoms with Gasteiger partial charge in [-0.05, 0) is 43.0 Å². The largest absolute Gasteiger partial charge is 0.351 e. The molecule has 0 bridgehead atoms. The van der Waals surface area contributed by atoms with Crippen molar-refractivity contribution in [2.45, 2.75) is 19.3 Å². The van der Waals surface area contributed by atoms with Gasteiger partial charge in [0.25, 0.3) is 5.91 Å². The van der Waals surface area contributed by atoms with Gasteiger partial charge in [0.2, 0.25) is 5.95 Å². The smallest absolute Gasteiger partial charge is 0.262 e. The third-order valence-corrected chi connectivity index (χ3v) is 3.41. The number of rotatable bonds is 7. The Morgan fingerprint density at radius 3 is 2.67 bits per heavy atom. The lowest BCUT2D eigenvalue weighted by atomic mass is 10.1. The maximum atomic E-state index is 13.0. The van der Waals surface area contributed by atoms with Crippen LogP contribution in [0.25, 0.3) is 6.08 Å². The van der Waals surface area contributed by atoms with E-state index in [0.717, 1.165) is 19.3 Å². The molecule has 1 N–H and O–H groups in total. The number of hydrogen-bond acceptors (Lipinski definition) is 3. The van der Waals surface area contributed by atoms with Gasteiger partial charge in [0.15, 0.2) is 0 Å². The molecule has 0 aliphatic rings. The normalized spacial score (nSPS) is 10.9. The van der Waals surface area contributed by atoms with Crippen molar-refractivity contribution in [2.75, 3.05) is 6.54 Å². The molecule has 0 fully saturated rings. The molecule has 122 valence electrons. The predicted octanol–water partition coefficient (Wildman–Crippen LogP) is 3.27. The topological polar surface area (TPSA) is 65.8 Å². The van der Waals surface area contributed by atoms with E-state index in [4.69, 9.17) is 5.26 Å². The van der Waals surface area contributed by atoms with Gasteiger partial charge in [-0.25, -0.2) is 4.98 Å². The summed E-state index contributed by atoms with van der Waals surface area (Å²) in [5.41, 5.74) is 1.42. The Kier molecular flexibility index (Phi) is 6.66. The molecule has 0 aliphatic carbocycles. The van der Waals surface area contributed by atoms with Crippen LogP contribution in [-0.2, 0) is 11.2 Å². The highest BCUT2D eigenvalue weighted by Crippen LogP contribution is 2.06. The van der Waals surface area contributed by atoms with Crippen LogP contribution in [0.1, 0.15) is 24.1 Å². The summed E-state index contributed by atoms with van der Waals surface area (Å²) in [7, 11) is 0. The molecule has 0 saturated carbocycles. The second kappa shape index (κ2) is 9.21. The zero-order valence-corrected chi connectivity index (χ0v) is 13.2. The van der Waals surface area contributed by atoms with Gasteiger partial charge >= 0.3 is 0 Å². The summed E-state index contributed by atoms with van der Waals surface area (Å²) < 4.78 is 13.0. The fourth-order valence-corrected chi connectivity index (χ4v) is 2.20. The monoisotopic (exact) mass is 323 g/mol. The van der Waals surface area contributed by atoms with Crippen LogP contribution in [0, 0.1) is 17.3 Å². The molecule has 0 saturated heterocycles. The standard InChI is InChI=1S/C19H18FN3O/c20-18-11-6-10-17(23-18)13-16(14-21)19(24)22-12-5-4-9-15-7-2-1-3-8-15/h1-3,6-8,10-11,13H,4-5,9,12H2,(H,22,24). The summed E-state index contributed by atoms with van der Waals surface area (Å²) in [6.07, 6.45) is 3.99. The van der Waals surface area contributed by atoms with Gasteiger partial charge in [-0.2, -0.15) is 9.65 Å². The number of unbranched alkanes of at least 4 members (excludes halogenated alkanes) is 1. The first-order chi connectivity index (χ1) is 11.7. The predicted molar refractivity (Wildman–Crippen MR) is 90.2 cm³/mol. The highest BCUT2D eigenvalue weighted by Gasteiger charge is 2.08. The number of halogens is 1. The molecular formula is C19H18FN3O. The van der Waals surface area contributed by atoms with Crippen molar-refractivity contribution < 1.29 is 9.18 Å². The molecular weight excluding hydrogens is 305 g/mol. The van der Waals surface area contributed by atoms with Crippen LogP contribution in [0.2, 0.25) is 0 Å². The number of aryl methyl sites for hydroxylation is 1. The van der Waals surface area contributed by atoms with Crippen molar-refractivity contribution in [2.24, 2.45) is 0 Å². The SMILES string of the molecule is N#CC(=Cc1cccc(F)n1)C(=O)NCCCCc1ccccc1. The first kappa shape index (κ1) is 17.4. The lowest BCUT2D eigenvalue weighted by Crippen LogP contribution is -2.25. The Balaban J connectivity index is 1.79. The van der Waals surface area contributed by atoms with Crippen LogP contribution in [0.3, 0.4) is 0 Å². The Morgan fingerprint density at radius 1 is 1.17 bits per heavy atom. The van der Waals surface area contributed by atoms with Crippen LogP contribution < -0.4 is 5.32 Å².